The molecule has 1 aromatic carbocycles. The molecule has 6 nitrogen and oxygen atoms in total. The van der Waals surface area contributed by atoms with Crippen molar-refractivity contribution in [2.45, 2.75) is 18.9 Å². The second-order valence-corrected chi connectivity index (χ2v) is 5.24. The van der Waals surface area contributed by atoms with Crippen LogP contribution in [0.25, 0.3) is 0 Å². The molecule has 1 aliphatic rings. The summed E-state index contributed by atoms with van der Waals surface area (Å²) in [7, 11) is 1.75. The van der Waals surface area contributed by atoms with Gasteiger partial charge in [-0.25, -0.2) is 0 Å². The van der Waals surface area contributed by atoms with E-state index in [9.17, 15) is 9.90 Å². The summed E-state index contributed by atoms with van der Waals surface area (Å²) in [6, 6.07) is 6.59. The van der Waals surface area contributed by atoms with E-state index in [0.29, 0.717) is 23.6 Å². The third-order valence-corrected chi connectivity index (χ3v) is 3.62. The minimum atomic E-state index is -0.205. The Morgan fingerprint density at radius 3 is 2.40 bits per heavy atom. The predicted molar refractivity (Wildman–Crippen MR) is 74.6 cm³/mol. The molecule has 0 heterocycles. The molecule has 1 fully saturated rings. The van der Waals surface area contributed by atoms with Crippen LogP contribution >= 0.6 is 0 Å². The van der Waals surface area contributed by atoms with Crippen molar-refractivity contribution in [3.8, 4) is 0 Å². The topological polar surface area (TPSA) is 99.2 Å². The second-order valence-electron chi connectivity index (χ2n) is 5.24. The van der Waals surface area contributed by atoms with Crippen molar-refractivity contribution in [1.82, 2.24) is 4.90 Å². The maximum atomic E-state index is 12.2. The number of nitrogens with two attached hydrogens (primary N) is 1. The van der Waals surface area contributed by atoms with Crippen LogP contribution in [-0.2, 0) is 0 Å². The normalized spacial score (nSPS) is 22.2. The Labute approximate surface area is 117 Å². The van der Waals surface area contributed by atoms with E-state index in [1.54, 1.807) is 36.2 Å². The Kier molecular flexibility index (Phi) is 4.24. The molecule has 0 aromatic heterocycles. The van der Waals surface area contributed by atoms with E-state index in [2.05, 4.69) is 5.16 Å². The Morgan fingerprint density at radius 1 is 1.35 bits per heavy atom. The first-order valence-electron chi connectivity index (χ1n) is 6.52. The molecule has 1 aliphatic carbocycles. The molecule has 2 rings (SSSR count). The summed E-state index contributed by atoms with van der Waals surface area (Å²) < 4.78 is 0. The number of aliphatic hydroxyl groups excluding tert-OH is 1. The molecule has 0 spiro atoms. The highest BCUT2D eigenvalue weighted by Crippen LogP contribution is 2.27. The van der Waals surface area contributed by atoms with Crippen LogP contribution in [0.3, 0.4) is 0 Å². The Morgan fingerprint density at radius 2 is 1.90 bits per heavy atom. The highest BCUT2D eigenvalue weighted by atomic mass is 16.4. The predicted octanol–water partition coefficient (Wildman–Crippen LogP) is 0.624. The molecule has 1 aromatic rings. The van der Waals surface area contributed by atoms with Gasteiger partial charge >= 0.3 is 0 Å². The van der Waals surface area contributed by atoms with Gasteiger partial charge in [0.1, 0.15) is 0 Å². The van der Waals surface area contributed by atoms with Gasteiger partial charge < -0.3 is 20.9 Å². The average molecular weight is 277 g/mol. The van der Waals surface area contributed by atoms with Gasteiger partial charge in [-0.3, -0.25) is 4.79 Å². The average Bonchev–Trinajstić information content (AvgIpc) is 2.44. The fourth-order valence-corrected chi connectivity index (χ4v) is 2.38. The minimum absolute atomic E-state index is 0.0146. The van der Waals surface area contributed by atoms with Crippen LogP contribution in [0.15, 0.2) is 29.4 Å². The van der Waals surface area contributed by atoms with Gasteiger partial charge in [0.25, 0.3) is 5.91 Å². The summed E-state index contributed by atoms with van der Waals surface area (Å²) in [5.74, 6) is 0.327. The lowest BCUT2D eigenvalue weighted by Gasteiger charge is -2.34. The number of amidine groups is 1. The molecule has 1 amide bonds. The number of rotatable bonds is 4. The molecule has 0 bridgehead atoms. The number of carbonyl (C=O) groups excluding carboxylic acids is 1. The van der Waals surface area contributed by atoms with Gasteiger partial charge in [0.2, 0.25) is 0 Å². The van der Waals surface area contributed by atoms with Gasteiger partial charge in [-0.15, -0.1) is 0 Å². The molecule has 20 heavy (non-hydrogen) atoms. The van der Waals surface area contributed by atoms with Crippen LogP contribution in [0, 0.1) is 5.92 Å². The number of hydrogen-bond donors (Lipinski definition) is 3. The van der Waals surface area contributed by atoms with Gasteiger partial charge in [0, 0.05) is 24.7 Å². The first-order chi connectivity index (χ1) is 9.51. The zero-order valence-electron chi connectivity index (χ0n) is 11.4. The number of carbonyl (C=O) groups is 1. The van der Waals surface area contributed by atoms with Crippen LogP contribution < -0.4 is 5.73 Å². The van der Waals surface area contributed by atoms with Crippen molar-refractivity contribution in [3.05, 3.63) is 35.4 Å². The van der Waals surface area contributed by atoms with E-state index >= 15 is 0 Å². The lowest BCUT2D eigenvalue weighted by molar-refractivity contribution is 0.0265. The molecule has 0 radical (unpaired) electrons. The molecule has 108 valence electrons. The van der Waals surface area contributed by atoms with Crippen molar-refractivity contribution in [1.29, 1.82) is 0 Å². The van der Waals surface area contributed by atoms with Gasteiger partial charge in [0.05, 0.1) is 6.10 Å². The van der Waals surface area contributed by atoms with Crippen molar-refractivity contribution >= 4 is 11.7 Å². The van der Waals surface area contributed by atoms with Crippen LogP contribution in [0.5, 0.6) is 0 Å². The smallest absolute Gasteiger partial charge is 0.253 e. The quantitative estimate of drug-likeness (QED) is 0.325. The summed E-state index contributed by atoms with van der Waals surface area (Å²) in [6.45, 7) is 0.651. The lowest BCUT2D eigenvalue weighted by atomic mass is 9.82. The summed E-state index contributed by atoms with van der Waals surface area (Å²) in [6.07, 6.45) is 1.32. The fraction of sp³-hybridized carbons (Fsp3) is 0.429. The second kappa shape index (κ2) is 5.92. The monoisotopic (exact) mass is 277 g/mol. The van der Waals surface area contributed by atoms with E-state index in [1.807, 2.05) is 0 Å². The van der Waals surface area contributed by atoms with Crippen LogP contribution in [0.2, 0.25) is 0 Å². The summed E-state index contributed by atoms with van der Waals surface area (Å²) in [4.78, 5) is 13.9. The third-order valence-electron chi connectivity index (χ3n) is 3.62. The summed E-state index contributed by atoms with van der Waals surface area (Å²) in [5, 5.41) is 20.7. The van der Waals surface area contributed by atoms with Crippen LogP contribution in [0.4, 0.5) is 0 Å². The SMILES string of the molecule is CN(CC1CC(O)C1)C(=O)c1ccc(C(N)=NO)cc1. The number of benzene rings is 1. The van der Waals surface area contributed by atoms with E-state index in [1.165, 1.54) is 0 Å². The zero-order valence-corrected chi connectivity index (χ0v) is 11.4. The Hall–Kier alpha value is -2.08. The van der Waals surface area contributed by atoms with Gasteiger partial charge in [0.15, 0.2) is 5.84 Å². The van der Waals surface area contributed by atoms with Crippen molar-refractivity contribution in [3.63, 3.8) is 0 Å². The van der Waals surface area contributed by atoms with Crippen molar-refractivity contribution in [2.75, 3.05) is 13.6 Å². The largest absolute Gasteiger partial charge is 0.409 e. The third kappa shape index (κ3) is 3.08. The van der Waals surface area contributed by atoms with Gasteiger partial charge in [-0.1, -0.05) is 17.3 Å². The molecule has 0 unspecified atom stereocenters. The van der Waals surface area contributed by atoms with E-state index in [-0.39, 0.29) is 17.8 Å². The first kappa shape index (κ1) is 14.3. The summed E-state index contributed by atoms with van der Waals surface area (Å²) in [5.41, 5.74) is 6.59. The molecule has 0 atom stereocenters. The number of hydrogen-bond acceptors (Lipinski definition) is 4. The molecular formula is C14H19N3O3. The number of amides is 1. The minimum Gasteiger partial charge on any atom is -0.409 e. The molecule has 0 aliphatic heterocycles. The van der Waals surface area contributed by atoms with Crippen LogP contribution in [-0.4, -0.2) is 46.7 Å². The van der Waals surface area contributed by atoms with Crippen molar-refractivity contribution < 1.29 is 15.1 Å². The number of aliphatic hydroxyl groups is 1. The Balaban J connectivity index is 1.98. The molecule has 0 saturated heterocycles. The maximum absolute atomic E-state index is 12.2. The molecular weight excluding hydrogens is 258 g/mol. The zero-order chi connectivity index (χ0) is 14.7. The highest BCUT2D eigenvalue weighted by molar-refractivity contribution is 5.99. The maximum Gasteiger partial charge on any atom is 0.253 e. The molecule has 1 saturated carbocycles. The molecule has 4 N–H and O–H groups in total. The van der Waals surface area contributed by atoms with Crippen LogP contribution in [0.1, 0.15) is 28.8 Å². The fourth-order valence-electron chi connectivity index (χ4n) is 2.38. The molecule has 6 heteroatoms. The van der Waals surface area contributed by atoms with E-state index in [0.717, 1.165) is 12.8 Å². The summed E-state index contributed by atoms with van der Waals surface area (Å²) >= 11 is 0. The van der Waals surface area contributed by atoms with E-state index < -0.39 is 0 Å². The Bertz CT molecular complexity index is 507. The standard InChI is InChI=1S/C14H19N3O3/c1-17(8-9-6-12(18)7-9)14(19)11-4-2-10(3-5-11)13(15)16-20/h2-5,9,12,18,20H,6-8H2,1H3,(H2,15,16). The van der Waals surface area contributed by atoms with Crippen molar-refractivity contribution in [2.24, 2.45) is 16.8 Å². The van der Waals surface area contributed by atoms with Gasteiger partial charge in [-0.05, 0) is 30.9 Å². The number of oxime groups is 1. The first-order valence-corrected chi connectivity index (χ1v) is 6.52. The van der Waals surface area contributed by atoms with Gasteiger partial charge in [-0.2, -0.15) is 0 Å². The van der Waals surface area contributed by atoms with E-state index in [4.69, 9.17) is 10.9 Å². The lowest BCUT2D eigenvalue weighted by Crippen LogP contribution is -2.39. The highest BCUT2D eigenvalue weighted by Gasteiger charge is 2.29. The number of nitrogens with zero attached hydrogens (tertiary/aromatic N) is 2.